The number of aromatic amines is 1. The van der Waals surface area contributed by atoms with Crippen LogP contribution in [-0.4, -0.2) is 23.3 Å². The SMILES string of the molecule is COC(=O)/C=C/Cc1c(C)n[nH]c1C. The van der Waals surface area contributed by atoms with Crippen LogP contribution in [0.15, 0.2) is 12.2 Å². The molecule has 4 heteroatoms. The van der Waals surface area contributed by atoms with Crippen LogP contribution < -0.4 is 0 Å². The third-order valence-corrected chi connectivity index (χ3v) is 2.06. The summed E-state index contributed by atoms with van der Waals surface area (Å²) in [5, 5.41) is 6.95. The Morgan fingerprint density at radius 2 is 2.29 bits per heavy atom. The average molecular weight is 194 g/mol. The van der Waals surface area contributed by atoms with E-state index in [4.69, 9.17) is 0 Å². The second-order valence-electron chi connectivity index (χ2n) is 3.04. The summed E-state index contributed by atoms with van der Waals surface area (Å²) in [6, 6.07) is 0. The first-order valence-corrected chi connectivity index (χ1v) is 4.40. The molecule has 1 aromatic rings. The Morgan fingerprint density at radius 3 is 2.79 bits per heavy atom. The third-order valence-electron chi connectivity index (χ3n) is 2.06. The molecular weight excluding hydrogens is 180 g/mol. The third kappa shape index (κ3) is 2.45. The van der Waals surface area contributed by atoms with Crippen molar-refractivity contribution in [2.24, 2.45) is 0 Å². The first kappa shape index (κ1) is 10.5. The fourth-order valence-electron chi connectivity index (χ4n) is 1.22. The summed E-state index contributed by atoms with van der Waals surface area (Å²) in [5.74, 6) is -0.330. The number of nitrogens with zero attached hydrogens (tertiary/aromatic N) is 1. The van der Waals surface area contributed by atoms with E-state index in [9.17, 15) is 4.79 Å². The zero-order chi connectivity index (χ0) is 10.6. The van der Waals surface area contributed by atoms with Crippen LogP contribution in [0.3, 0.4) is 0 Å². The number of ether oxygens (including phenoxy) is 1. The van der Waals surface area contributed by atoms with Crippen LogP contribution in [0, 0.1) is 13.8 Å². The van der Waals surface area contributed by atoms with Crippen molar-refractivity contribution >= 4 is 5.97 Å². The van der Waals surface area contributed by atoms with Crippen LogP contribution in [0.4, 0.5) is 0 Å². The van der Waals surface area contributed by atoms with Crippen LogP contribution >= 0.6 is 0 Å². The fourth-order valence-corrected chi connectivity index (χ4v) is 1.22. The maximum Gasteiger partial charge on any atom is 0.330 e. The van der Waals surface area contributed by atoms with E-state index in [0.717, 1.165) is 17.0 Å². The van der Waals surface area contributed by atoms with Gasteiger partial charge in [0.15, 0.2) is 0 Å². The molecule has 0 atom stereocenters. The largest absolute Gasteiger partial charge is 0.466 e. The lowest BCUT2D eigenvalue weighted by atomic mass is 10.1. The van der Waals surface area contributed by atoms with Gasteiger partial charge >= 0.3 is 5.97 Å². The first-order valence-electron chi connectivity index (χ1n) is 4.40. The van der Waals surface area contributed by atoms with Crippen molar-refractivity contribution in [3.63, 3.8) is 0 Å². The number of hydrogen-bond acceptors (Lipinski definition) is 3. The second-order valence-corrected chi connectivity index (χ2v) is 3.04. The Hall–Kier alpha value is -1.58. The standard InChI is InChI=1S/C10H14N2O2/c1-7-9(8(2)12-11-7)5-4-6-10(13)14-3/h4,6H,5H2,1-3H3,(H,11,12)/b6-4+. The van der Waals surface area contributed by atoms with E-state index in [1.807, 2.05) is 13.8 Å². The number of carbonyl (C=O) groups is 1. The van der Waals surface area contributed by atoms with Gasteiger partial charge in [0.05, 0.1) is 12.8 Å². The smallest absolute Gasteiger partial charge is 0.330 e. The van der Waals surface area contributed by atoms with Gasteiger partial charge in [0, 0.05) is 11.8 Å². The van der Waals surface area contributed by atoms with Crippen molar-refractivity contribution in [2.45, 2.75) is 20.3 Å². The van der Waals surface area contributed by atoms with Crippen LogP contribution in [0.25, 0.3) is 0 Å². The number of hydrogen-bond donors (Lipinski definition) is 1. The second kappa shape index (κ2) is 4.60. The summed E-state index contributed by atoms with van der Waals surface area (Å²) >= 11 is 0. The minimum absolute atomic E-state index is 0.330. The van der Waals surface area contributed by atoms with E-state index < -0.39 is 0 Å². The topological polar surface area (TPSA) is 55.0 Å². The Morgan fingerprint density at radius 1 is 1.57 bits per heavy atom. The van der Waals surface area contributed by atoms with Crippen molar-refractivity contribution in [1.82, 2.24) is 10.2 Å². The van der Waals surface area contributed by atoms with E-state index in [1.54, 1.807) is 6.08 Å². The molecule has 1 aromatic heterocycles. The highest BCUT2D eigenvalue weighted by Gasteiger charge is 2.03. The normalized spacial score (nSPS) is 10.8. The monoisotopic (exact) mass is 194 g/mol. The van der Waals surface area contributed by atoms with Crippen LogP contribution in [0.5, 0.6) is 0 Å². The van der Waals surface area contributed by atoms with Gasteiger partial charge in [0.1, 0.15) is 0 Å². The highest BCUT2D eigenvalue weighted by Crippen LogP contribution is 2.10. The molecule has 0 fully saturated rings. The molecule has 76 valence electrons. The highest BCUT2D eigenvalue weighted by atomic mass is 16.5. The maximum absolute atomic E-state index is 10.8. The number of allylic oxidation sites excluding steroid dienone is 1. The number of carbonyl (C=O) groups excluding carboxylic acids is 1. The number of H-pyrrole nitrogens is 1. The van der Waals surface area contributed by atoms with E-state index in [-0.39, 0.29) is 5.97 Å². The number of aromatic nitrogens is 2. The number of rotatable bonds is 3. The van der Waals surface area contributed by atoms with Crippen molar-refractivity contribution in [2.75, 3.05) is 7.11 Å². The average Bonchev–Trinajstić information content (AvgIpc) is 2.48. The lowest BCUT2D eigenvalue weighted by Crippen LogP contribution is -1.94. The summed E-state index contributed by atoms with van der Waals surface area (Å²) in [6.07, 6.45) is 3.89. The number of methoxy groups -OCH3 is 1. The van der Waals surface area contributed by atoms with Crippen molar-refractivity contribution in [3.05, 3.63) is 29.1 Å². The summed E-state index contributed by atoms with van der Waals surface area (Å²) in [5.41, 5.74) is 3.14. The number of nitrogens with one attached hydrogen (secondary N) is 1. The quantitative estimate of drug-likeness (QED) is 0.583. The highest BCUT2D eigenvalue weighted by molar-refractivity contribution is 5.81. The molecule has 0 radical (unpaired) electrons. The molecule has 0 bridgehead atoms. The predicted octanol–water partition coefficient (Wildman–Crippen LogP) is 1.30. The van der Waals surface area contributed by atoms with E-state index in [2.05, 4.69) is 14.9 Å². The van der Waals surface area contributed by atoms with Gasteiger partial charge in [-0.1, -0.05) is 6.08 Å². The number of aryl methyl sites for hydroxylation is 2. The summed E-state index contributed by atoms with van der Waals surface area (Å²) in [4.78, 5) is 10.8. The summed E-state index contributed by atoms with van der Waals surface area (Å²) in [7, 11) is 1.36. The Balaban J connectivity index is 2.62. The molecule has 1 N–H and O–H groups in total. The Kier molecular flexibility index (Phi) is 3.45. The molecule has 0 unspecified atom stereocenters. The van der Waals surface area contributed by atoms with Crippen molar-refractivity contribution in [3.8, 4) is 0 Å². The van der Waals surface area contributed by atoms with Crippen LogP contribution in [-0.2, 0) is 16.0 Å². The van der Waals surface area contributed by atoms with E-state index >= 15 is 0 Å². The predicted molar refractivity (Wildman–Crippen MR) is 52.9 cm³/mol. The molecule has 0 amide bonds. The molecule has 0 saturated carbocycles. The molecule has 4 nitrogen and oxygen atoms in total. The van der Waals surface area contributed by atoms with Gasteiger partial charge in [-0.25, -0.2) is 4.79 Å². The molecule has 0 aliphatic carbocycles. The maximum atomic E-state index is 10.8. The van der Waals surface area contributed by atoms with Crippen LogP contribution in [0.1, 0.15) is 17.0 Å². The number of esters is 1. The van der Waals surface area contributed by atoms with Crippen LogP contribution in [0.2, 0.25) is 0 Å². The van der Waals surface area contributed by atoms with Gasteiger partial charge in [-0.05, 0) is 25.8 Å². The molecule has 1 heterocycles. The first-order chi connectivity index (χ1) is 6.65. The Labute approximate surface area is 83.0 Å². The zero-order valence-electron chi connectivity index (χ0n) is 8.63. The molecular formula is C10H14N2O2. The Bertz CT molecular complexity index is 334. The van der Waals surface area contributed by atoms with Gasteiger partial charge in [-0.15, -0.1) is 0 Å². The molecule has 0 aliphatic rings. The van der Waals surface area contributed by atoms with Gasteiger partial charge in [0.2, 0.25) is 0 Å². The van der Waals surface area contributed by atoms with E-state index in [1.165, 1.54) is 13.2 Å². The minimum atomic E-state index is -0.330. The molecule has 0 aliphatic heterocycles. The van der Waals surface area contributed by atoms with Gasteiger partial charge in [-0.3, -0.25) is 5.10 Å². The van der Waals surface area contributed by atoms with Gasteiger partial charge in [0.25, 0.3) is 0 Å². The molecule has 0 saturated heterocycles. The lowest BCUT2D eigenvalue weighted by molar-refractivity contribution is -0.134. The summed E-state index contributed by atoms with van der Waals surface area (Å²) < 4.78 is 4.48. The van der Waals surface area contributed by atoms with Gasteiger partial charge in [-0.2, -0.15) is 5.10 Å². The van der Waals surface area contributed by atoms with E-state index in [0.29, 0.717) is 6.42 Å². The fraction of sp³-hybridized carbons (Fsp3) is 0.400. The van der Waals surface area contributed by atoms with Crippen molar-refractivity contribution < 1.29 is 9.53 Å². The minimum Gasteiger partial charge on any atom is -0.466 e. The molecule has 0 spiro atoms. The zero-order valence-corrected chi connectivity index (χ0v) is 8.63. The summed E-state index contributed by atoms with van der Waals surface area (Å²) in [6.45, 7) is 3.89. The lowest BCUT2D eigenvalue weighted by Gasteiger charge is -1.94. The molecule has 0 aromatic carbocycles. The van der Waals surface area contributed by atoms with Gasteiger partial charge < -0.3 is 4.74 Å². The molecule has 14 heavy (non-hydrogen) atoms. The molecule has 1 rings (SSSR count). The van der Waals surface area contributed by atoms with Crippen molar-refractivity contribution in [1.29, 1.82) is 0 Å².